The van der Waals surface area contributed by atoms with Gasteiger partial charge in [-0.1, -0.05) is 29.8 Å². The number of rotatable bonds is 5. The van der Waals surface area contributed by atoms with E-state index in [1.807, 2.05) is 35.2 Å². The lowest BCUT2D eigenvalue weighted by molar-refractivity contribution is 0.0673. The maximum atomic E-state index is 12.8. The molecule has 4 heterocycles. The monoisotopic (exact) mass is 457 g/mol. The Morgan fingerprint density at radius 3 is 2.94 bits per heavy atom. The Kier molecular flexibility index (Phi) is 5.96. The second-order valence-electron chi connectivity index (χ2n) is 8.07. The van der Waals surface area contributed by atoms with E-state index >= 15 is 0 Å². The van der Waals surface area contributed by atoms with Crippen LogP contribution >= 0.6 is 11.6 Å². The zero-order chi connectivity index (χ0) is 22.8. The highest BCUT2D eigenvalue weighted by Gasteiger charge is 2.25. The number of hydrogen-bond donors (Lipinski definition) is 1. The van der Waals surface area contributed by atoms with E-state index in [-0.39, 0.29) is 11.8 Å². The maximum Gasteiger partial charge on any atom is 0.274 e. The quantitative estimate of drug-likeness (QED) is 0.464. The number of nitrogens with one attached hydrogen (secondary N) is 1. The number of hydrogen-bond acceptors (Lipinski definition) is 6. The van der Waals surface area contributed by atoms with Gasteiger partial charge in [-0.2, -0.15) is 9.61 Å². The highest BCUT2D eigenvalue weighted by Crippen LogP contribution is 2.28. The summed E-state index contributed by atoms with van der Waals surface area (Å²) in [5, 5.41) is 8.49. The first kappa shape index (κ1) is 21.4. The fraction of sp³-hybridized carbons (Fsp3) is 0.261. The van der Waals surface area contributed by atoms with Crippen molar-refractivity contribution in [3.8, 4) is 11.3 Å². The van der Waals surface area contributed by atoms with Gasteiger partial charge in [-0.3, -0.25) is 9.78 Å². The number of amides is 1. The molecule has 1 aliphatic heterocycles. The van der Waals surface area contributed by atoms with Crippen LogP contribution in [0.3, 0.4) is 0 Å². The molecule has 1 N–H and O–H groups in total. The lowest BCUT2D eigenvalue weighted by atomic mass is 9.97. The predicted molar refractivity (Wildman–Crippen MR) is 128 cm³/mol. The molecule has 1 aromatic carbocycles. The first-order valence-electron chi connectivity index (χ1n) is 10.8. The van der Waals surface area contributed by atoms with Crippen LogP contribution in [0.15, 0.2) is 55.1 Å². The van der Waals surface area contributed by atoms with Crippen LogP contribution in [0.2, 0.25) is 5.02 Å². The SMILES string of the molecule is [B]c1cnn2c(NCC3CCCN(C(=O)c4cnccn4)C3)cc(-c3ccccc3Cl)nc12. The zero-order valence-corrected chi connectivity index (χ0v) is 18.6. The summed E-state index contributed by atoms with van der Waals surface area (Å²) in [7, 11) is 6.11. The molecule has 5 rings (SSSR count). The van der Waals surface area contributed by atoms with Crippen molar-refractivity contribution in [2.45, 2.75) is 12.8 Å². The molecular formula is C23H21BClN7O. The van der Waals surface area contributed by atoms with Crippen molar-refractivity contribution in [2.75, 3.05) is 25.0 Å². The van der Waals surface area contributed by atoms with Crippen LogP contribution in [0.1, 0.15) is 23.3 Å². The summed E-state index contributed by atoms with van der Waals surface area (Å²) >= 11 is 6.41. The molecule has 1 saturated heterocycles. The van der Waals surface area contributed by atoms with E-state index in [0.717, 1.165) is 30.8 Å². The molecule has 164 valence electrons. The molecule has 1 fully saturated rings. The number of halogens is 1. The van der Waals surface area contributed by atoms with Crippen LogP contribution in [-0.4, -0.2) is 62.9 Å². The minimum atomic E-state index is -0.0834. The second kappa shape index (κ2) is 9.19. The molecule has 1 amide bonds. The molecule has 0 bridgehead atoms. The Balaban J connectivity index is 1.36. The average Bonchev–Trinajstić information content (AvgIpc) is 3.24. The summed E-state index contributed by atoms with van der Waals surface area (Å²) in [5.41, 5.74) is 2.97. The third kappa shape index (κ3) is 4.41. The number of benzene rings is 1. The number of nitrogens with zero attached hydrogens (tertiary/aromatic N) is 6. The molecule has 0 aliphatic carbocycles. The van der Waals surface area contributed by atoms with E-state index in [9.17, 15) is 4.79 Å². The van der Waals surface area contributed by atoms with E-state index in [4.69, 9.17) is 19.4 Å². The van der Waals surface area contributed by atoms with Gasteiger partial charge in [0.1, 0.15) is 19.4 Å². The fourth-order valence-corrected chi connectivity index (χ4v) is 4.38. The summed E-state index contributed by atoms with van der Waals surface area (Å²) in [4.78, 5) is 27.5. The van der Waals surface area contributed by atoms with Gasteiger partial charge in [0.25, 0.3) is 5.91 Å². The normalized spacial score (nSPS) is 16.2. The van der Waals surface area contributed by atoms with E-state index in [0.29, 0.717) is 40.6 Å². The topological polar surface area (TPSA) is 88.3 Å². The van der Waals surface area contributed by atoms with Crippen molar-refractivity contribution in [2.24, 2.45) is 5.92 Å². The molecule has 0 spiro atoms. The zero-order valence-electron chi connectivity index (χ0n) is 17.9. The van der Waals surface area contributed by atoms with E-state index < -0.39 is 0 Å². The van der Waals surface area contributed by atoms with Crippen LogP contribution < -0.4 is 10.8 Å². The largest absolute Gasteiger partial charge is 0.370 e. The summed E-state index contributed by atoms with van der Waals surface area (Å²) in [6.45, 7) is 2.04. The van der Waals surface area contributed by atoms with Crippen molar-refractivity contribution in [3.05, 3.63) is 65.8 Å². The fourth-order valence-electron chi connectivity index (χ4n) is 4.15. The van der Waals surface area contributed by atoms with Gasteiger partial charge in [-0.15, -0.1) is 0 Å². The van der Waals surface area contributed by atoms with Crippen molar-refractivity contribution in [3.63, 3.8) is 0 Å². The summed E-state index contributed by atoms with van der Waals surface area (Å²) in [5.74, 6) is 0.961. The number of anilines is 1. The highest BCUT2D eigenvalue weighted by molar-refractivity contribution is 6.36. The van der Waals surface area contributed by atoms with Gasteiger partial charge in [0.05, 0.1) is 11.9 Å². The standard InChI is InChI=1S/C23H21BClN7O/c24-17-12-29-32-21(10-19(30-22(17)32)16-5-1-2-6-18(16)25)28-11-15-4-3-9-31(14-15)23(33)20-13-26-7-8-27-20/h1-2,5-8,10,12-13,15,28H,3-4,9,11,14H2. The van der Waals surface area contributed by atoms with E-state index in [1.54, 1.807) is 16.9 Å². The van der Waals surface area contributed by atoms with Gasteiger partial charge in [-0.25, -0.2) is 9.97 Å². The molecule has 3 aromatic heterocycles. The molecular weight excluding hydrogens is 437 g/mol. The lowest BCUT2D eigenvalue weighted by Crippen LogP contribution is -2.42. The van der Waals surface area contributed by atoms with Gasteiger partial charge in [-0.05, 0) is 30.3 Å². The Morgan fingerprint density at radius 1 is 1.24 bits per heavy atom. The third-order valence-electron chi connectivity index (χ3n) is 5.81. The van der Waals surface area contributed by atoms with Crippen LogP contribution in [0.4, 0.5) is 5.82 Å². The second-order valence-corrected chi connectivity index (χ2v) is 8.48. The number of aromatic nitrogens is 5. The summed E-state index contributed by atoms with van der Waals surface area (Å²) in [6.07, 6.45) is 8.15. The molecule has 10 heteroatoms. The Morgan fingerprint density at radius 2 is 2.12 bits per heavy atom. The molecule has 1 unspecified atom stereocenters. The van der Waals surface area contributed by atoms with Gasteiger partial charge >= 0.3 is 0 Å². The van der Waals surface area contributed by atoms with E-state index in [2.05, 4.69) is 25.4 Å². The van der Waals surface area contributed by atoms with Crippen molar-refractivity contribution >= 4 is 42.3 Å². The Bertz CT molecular complexity index is 1300. The maximum absolute atomic E-state index is 12.8. The van der Waals surface area contributed by atoms with Gasteiger partial charge in [0, 0.05) is 54.9 Å². The number of piperidine rings is 1. The molecule has 1 atom stereocenters. The minimum Gasteiger partial charge on any atom is -0.370 e. The number of fused-ring (bicyclic) bond motifs is 1. The smallest absolute Gasteiger partial charge is 0.274 e. The van der Waals surface area contributed by atoms with Crippen molar-refractivity contribution in [1.29, 1.82) is 0 Å². The molecule has 2 radical (unpaired) electrons. The first-order valence-corrected chi connectivity index (χ1v) is 11.2. The number of likely N-dealkylation sites (tertiary alicyclic amines) is 1. The number of carbonyl (C=O) groups excluding carboxylic acids is 1. The van der Waals surface area contributed by atoms with Crippen LogP contribution in [-0.2, 0) is 0 Å². The van der Waals surface area contributed by atoms with Crippen LogP contribution in [0.5, 0.6) is 0 Å². The van der Waals surface area contributed by atoms with Gasteiger partial charge in [0.2, 0.25) is 0 Å². The summed E-state index contributed by atoms with van der Waals surface area (Å²) < 4.78 is 1.70. The first-order chi connectivity index (χ1) is 16.1. The Hall–Kier alpha value is -3.46. The number of carbonyl (C=O) groups is 1. The average molecular weight is 458 g/mol. The molecule has 1 aliphatic rings. The van der Waals surface area contributed by atoms with Gasteiger partial charge in [0.15, 0.2) is 5.65 Å². The third-order valence-corrected chi connectivity index (χ3v) is 6.14. The van der Waals surface area contributed by atoms with Crippen molar-refractivity contribution in [1.82, 2.24) is 29.5 Å². The highest BCUT2D eigenvalue weighted by atomic mass is 35.5. The molecule has 8 nitrogen and oxygen atoms in total. The molecule has 4 aromatic rings. The van der Waals surface area contributed by atoms with Gasteiger partial charge < -0.3 is 10.2 Å². The summed E-state index contributed by atoms with van der Waals surface area (Å²) in [6, 6.07) is 9.49. The molecule has 33 heavy (non-hydrogen) atoms. The van der Waals surface area contributed by atoms with E-state index in [1.165, 1.54) is 12.4 Å². The van der Waals surface area contributed by atoms with Crippen LogP contribution in [0.25, 0.3) is 16.9 Å². The Labute approximate surface area is 197 Å². The van der Waals surface area contributed by atoms with Crippen LogP contribution in [0, 0.1) is 5.92 Å². The predicted octanol–water partition coefficient (Wildman–Crippen LogP) is 2.60. The van der Waals surface area contributed by atoms with Crippen molar-refractivity contribution < 1.29 is 4.79 Å². The molecule has 0 saturated carbocycles. The lowest BCUT2D eigenvalue weighted by Gasteiger charge is -2.32. The minimum absolute atomic E-state index is 0.0834.